The topological polar surface area (TPSA) is 93.8 Å². The van der Waals surface area contributed by atoms with E-state index in [4.69, 9.17) is 0 Å². The average molecular weight is 394 g/mol. The molecule has 0 spiro atoms. The number of carbonyl (C=O) groups excluding carboxylic acids is 1. The lowest BCUT2D eigenvalue weighted by molar-refractivity contribution is -0.125. The van der Waals surface area contributed by atoms with E-state index in [0.29, 0.717) is 26.2 Å². The van der Waals surface area contributed by atoms with Crippen molar-refractivity contribution in [1.29, 1.82) is 0 Å². The Bertz CT molecular complexity index is 1030. The third-order valence-electron chi connectivity index (χ3n) is 5.17. The highest BCUT2D eigenvalue weighted by Crippen LogP contribution is 2.24. The Balaban J connectivity index is 1.30. The number of rotatable bonds is 6. The molecule has 1 amide bonds. The predicted molar refractivity (Wildman–Crippen MR) is 109 cm³/mol. The number of nitrogens with one attached hydrogen (secondary N) is 1. The summed E-state index contributed by atoms with van der Waals surface area (Å²) in [5, 5.41) is 11.9. The van der Waals surface area contributed by atoms with E-state index in [-0.39, 0.29) is 11.8 Å². The Morgan fingerprint density at radius 3 is 2.34 bits per heavy atom. The van der Waals surface area contributed by atoms with Crippen molar-refractivity contribution in [3.8, 4) is 5.82 Å². The van der Waals surface area contributed by atoms with Gasteiger partial charge in [-0.25, -0.2) is 14.6 Å². The van der Waals surface area contributed by atoms with E-state index in [9.17, 15) is 4.79 Å². The van der Waals surface area contributed by atoms with E-state index < -0.39 is 0 Å². The summed E-state index contributed by atoms with van der Waals surface area (Å²) in [5.41, 5.74) is 4.07. The molecule has 29 heavy (non-hydrogen) atoms. The summed E-state index contributed by atoms with van der Waals surface area (Å²) < 4.78 is 3.73. The molecule has 4 heterocycles. The molecule has 1 fully saturated rings. The molecule has 0 bridgehead atoms. The molecule has 1 aliphatic heterocycles. The Hall–Kier alpha value is -3.23. The fraction of sp³-hybridized carbons (Fsp3) is 0.450. The number of hydrogen-bond acceptors (Lipinski definition) is 6. The van der Waals surface area contributed by atoms with Crippen molar-refractivity contribution < 1.29 is 4.79 Å². The van der Waals surface area contributed by atoms with Crippen molar-refractivity contribution in [2.24, 2.45) is 5.92 Å². The molecule has 0 radical (unpaired) electrons. The summed E-state index contributed by atoms with van der Waals surface area (Å²) in [6.07, 6.45) is 1.54. The molecular formula is C20H26N8O. The van der Waals surface area contributed by atoms with Gasteiger partial charge >= 0.3 is 0 Å². The van der Waals surface area contributed by atoms with Crippen molar-refractivity contribution in [1.82, 2.24) is 34.8 Å². The largest absolute Gasteiger partial charge is 0.355 e. The SMILES string of the molecule is Cc1cc(C)n(CCNC(=O)C2CN(c3cc(-n4nc(C)cc4C)ncn3)C2)n1. The average Bonchev–Trinajstić information content (AvgIpc) is 3.14. The second-order valence-electron chi connectivity index (χ2n) is 7.62. The van der Waals surface area contributed by atoms with Gasteiger partial charge in [0.2, 0.25) is 5.91 Å². The first-order chi connectivity index (χ1) is 13.9. The fourth-order valence-electron chi connectivity index (χ4n) is 3.65. The van der Waals surface area contributed by atoms with Crippen LogP contribution in [0.3, 0.4) is 0 Å². The summed E-state index contributed by atoms with van der Waals surface area (Å²) in [6.45, 7) is 10.5. The van der Waals surface area contributed by atoms with Gasteiger partial charge < -0.3 is 10.2 Å². The molecule has 152 valence electrons. The molecule has 3 aromatic heterocycles. The van der Waals surface area contributed by atoms with E-state index in [0.717, 1.165) is 34.4 Å². The predicted octanol–water partition coefficient (Wildman–Crippen LogP) is 1.35. The van der Waals surface area contributed by atoms with Gasteiger partial charge in [-0.1, -0.05) is 0 Å². The third-order valence-corrected chi connectivity index (χ3v) is 5.17. The Kier molecular flexibility index (Phi) is 5.04. The number of aryl methyl sites for hydroxylation is 4. The normalized spacial score (nSPS) is 14.1. The lowest BCUT2D eigenvalue weighted by Crippen LogP contribution is -2.54. The number of carbonyl (C=O) groups is 1. The van der Waals surface area contributed by atoms with E-state index in [1.807, 2.05) is 55.3 Å². The quantitative estimate of drug-likeness (QED) is 0.678. The zero-order valence-electron chi connectivity index (χ0n) is 17.3. The molecule has 4 rings (SSSR count). The van der Waals surface area contributed by atoms with Crippen molar-refractivity contribution in [3.63, 3.8) is 0 Å². The first-order valence-corrected chi connectivity index (χ1v) is 9.80. The van der Waals surface area contributed by atoms with Gasteiger partial charge in [-0.05, 0) is 39.8 Å². The van der Waals surface area contributed by atoms with Crippen LogP contribution in [0.5, 0.6) is 0 Å². The summed E-state index contributed by atoms with van der Waals surface area (Å²) in [5.74, 6) is 1.60. The molecule has 3 aromatic rings. The van der Waals surface area contributed by atoms with Crippen LogP contribution in [0.15, 0.2) is 24.5 Å². The lowest BCUT2D eigenvalue weighted by atomic mass is 9.99. The summed E-state index contributed by atoms with van der Waals surface area (Å²) in [6, 6.07) is 5.96. The number of anilines is 1. The first-order valence-electron chi connectivity index (χ1n) is 9.80. The molecule has 1 N–H and O–H groups in total. The number of nitrogens with zero attached hydrogens (tertiary/aromatic N) is 7. The minimum Gasteiger partial charge on any atom is -0.355 e. The monoisotopic (exact) mass is 394 g/mol. The molecule has 0 unspecified atom stereocenters. The van der Waals surface area contributed by atoms with Gasteiger partial charge in [0.1, 0.15) is 12.1 Å². The minimum atomic E-state index is -0.0254. The van der Waals surface area contributed by atoms with Gasteiger partial charge in [-0.2, -0.15) is 10.2 Å². The molecule has 0 saturated carbocycles. The van der Waals surface area contributed by atoms with Gasteiger partial charge in [0.15, 0.2) is 5.82 Å². The summed E-state index contributed by atoms with van der Waals surface area (Å²) >= 11 is 0. The van der Waals surface area contributed by atoms with Crippen molar-refractivity contribution in [3.05, 3.63) is 47.3 Å². The van der Waals surface area contributed by atoms with Gasteiger partial charge in [0, 0.05) is 37.1 Å². The summed E-state index contributed by atoms with van der Waals surface area (Å²) in [7, 11) is 0. The van der Waals surface area contributed by atoms with Crippen LogP contribution in [0.2, 0.25) is 0 Å². The van der Waals surface area contributed by atoms with Crippen LogP contribution >= 0.6 is 0 Å². The Morgan fingerprint density at radius 2 is 1.69 bits per heavy atom. The zero-order valence-corrected chi connectivity index (χ0v) is 17.3. The number of hydrogen-bond donors (Lipinski definition) is 1. The molecule has 9 heteroatoms. The van der Waals surface area contributed by atoms with Crippen LogP contribution in [-0.2, 0) is 11.3 Å². The van der Waals surface area contributed by atoms with Crippen LogP contribution < -0.4 is 10.2 Å². The second-order valence-corrected chi connectivity index (χ2v) is 7.62. The van der Waals surface area contributed by atoms with Crippen LogP contribution in [-0.4, -0.2) is 55.1 Å². The molecule has 1 aliphatic rings. The molecule has 9 nitrogen and oxygen atoms in total. The van der Waals surface area contributed by atoms with Crippen LogP contribution in [0, 0.1) is 33.6 Å². The second kappa shape index (κ2) is 7.65. The first kappa shape index (κ1) is 19.1. The lowest BCUT2D eigenvalue weighted by Gasteiger charge is -2.39. The highest BCUT2D eigenvalue weighted by Gasteiger charge is 2.33. The minimum absolute atomic E-state index is 0.0254. The van der Waals surface area contributed by atoms with Crippen molar-refractivity contribution in [2.75, 3.05) is 24.5 Å². The van der Waals surface area contributed by atoms with Crippen LogP contribution in [0.25, 0.3) is 5.82 Å². The Labute approximate surface area is 169 Å². The van der Waals surface area contributed by atoms with Gasteiger partial charge in [0.25, 0.3) is 0 Å². The fourth-order valence-corrected chi connectivity index (χ4v) is 3.65. The highest BCUT2D eigenvalue weighted by atomic mass is 16.2. The van der Waals surface area contributed by atoms with Gasteiger partial charge in [-0.3, -0.25) is 9.48 Å². The van der Waals surface area contributed by atoms with Crippen molar-refractivity contribution in [2.45, 2.75) is 34.2 Å². The standard InChI is InChI=1S/C20H26N8O/c1-13-7-15(3)27(24-13)6-5-21-20(29)17-10-26(11-17)18-9-19(23-12-22-18)28-16(4)8-14(2)25-28/h7-9,12,17H,5-6,10-11H2,1-4H3,(H,21,29). The van der Waals surface area contributed by atoms with E-state index in [1.165, 1.54) is 0 Å². The van der Waals surface area contributed by atoms with E-state index in [2.05, 4.69) is 30.4 Å². The molecule has 0 aromatic carbocycles. The van der Waals surface area contributed by atoms with Gasteiger partial charge in [0.05, 0.1) is 23.9 Å². The van der Waals surface area contributed by atoms with Crippen molar-refractivity contribution >= 4 is 11.7 Å². The smallest absolute Gasteiger partial charge is 0.226 e. The van der Waals surface area contributed by atoms with Crippen LogP contribution in [0.4, 0.5) is 5.82 Å². The zero-order chi connectivity index (χ0) is 20.5. The molecule has 0 atom stereocenters. The van der Waals surface area contributed by atoms with E-state index >= 15 is 0 Å². The van der Waals surface area contributed by atoms with E-state index in [1.54, 1.807) is 6.33 Å². The third kappa shape index (κ3) is 3.98. The Morgan fingerprint density at radius 1 is 1.00 bits per heavy atom. The van der Waals surface area contributed by atoms with Crippen LogP contribution in [0.1, 0.15) is 22.8 Å². The number of amides is 1. The molecule has 1 saturated heterocycles. The maximum absolute atomic E-state index is 12.4. The maximum atomic E-state index is 12.4. The van der Waals surface area contributed by atoms with Gasteiger partial charge in [-0.15, -0.1) is 0 Å². The molecular weight excluding hydrogens is 368 g/mol. The summed E-state index contributed by atoms with van der Waals surface area (Å²) in [4.78, 5) is 23.2. The number of aromatic nitrogens is 6. The highest BCUT2D eigenvalue weighted by molar-refractivity contribution is 5.81. The molecule has 0 aliphatic carbocycles. The maximum Gasteiger partial charge on any atom is 0.226 e.